The van der Waals surface area contributed by atoms with E-state index in [2.05, 4.69) is 36.9 Å². The molecule has 1 aliphatic rings. The summed E-state index contributed by atoms with van der Waals surface area (Å²) in [7, 11) is 0. The summed E-state index contributed by atoms with van der Waals surface area (Å²) < 4.78 is 0. The van der Waals surface area contributed by atoms with E-state index in [1.165, 1.54) is 5.56 Å². The Bertz CT molecular complexity index is 585. The second-order valence-electron chi connectivity index (χ2n) is 5.88. The van der Waals surface area contributed by atoms with Gasteiger partial charge in [-0.25, -0.2) is 9.97 Å². The minimum absolute atomic E-state index is 0.881. The van der Waals surface area contributed by atoms with E-state index >= 15 is 0 Å². The average molecular weight is 297 g/mol. The molecule has 2 aromatic rings. The molecule has 0 N–H and O–H groups in total. The Morgan fingerprint density at radius 2 is 1.59 bits per heavy atom. The highest BCUT2D eigenvalue weighted by Gasteiger charge is 2.19. The predicted octanol–water partition coefficient (Wildman–Crippen LogP) is 1.85. The molecule has 5 heteroatoms. The van der Waals surface area contributed by atoms with Gasteiger partial charge in [-0.05, 0) is 44.0 Å². The highest BCUT2D eigenvalue weighted by molar-refractivity contribution is 5.32. The van der Waals surface area contributed by atoms with Crippen molar-refractivity contribution >= 4 is 5.95 Å². The summed E-state index contributed by atoms with van der Waals surface area (Å²) in [6.45, 7) is 9.30. The third-order valence-corrected chi connectivity index (χ3v) is 4.09. The van der Waals surface area contributed by atoms with Crippen molar-refractivity contribution < 1.29 is 0 Å². The molecule has 2 aromatic heterocycles. The van der Waals surface area contributed by atoms with E-state index in [0.717, 1.165) is 56.5 Å². The van der Waals surface area contributed by atoms with Gasteiger partial charge < -0.3 is 4.90 Å². The van der Waals surface area contributed by atoms with Gasteiger partial charge in [0.25, 0.3) is 0 Å². The van der Waals surface area contributed by atoms with Crippen LogP contribution in [-0.4, -0.2) is 52.6 Å². The lowest BCUT2D eigenvalue weighted by Crippen LogP contribution is -2.47. The first-order valence-electron chi connectivity index (χ1n) is 7.89. The molecule has 0 spiro atoms. The van der Waals surface area contributed by atoms with E-state index in [1.54, 1.807) is 0 Å². The van der Waals surface area contributed by atoms with E-state index in [1.807, 2.05) is 32.3 Å². The first-order valence-corrected chi connectivity index (χ1v) is 7.89. The lowest BCUT2D eigenvalue weighted by atomic mass is 10.2. The smallest absolute Gasteiger partial charge is 0.225 e. The normalized spacial score (nSPS) is 16.0. The van der Waals surface area contributed by atoms with Gasteiger partial charge in [0, 0.05) is 56.5 Å². The largest absolute Gasteiger partial charge is 0.338 e. The highest BCUT2D eigenvalue weighted by atomic mass is 15.3. The number of anilines is 1. The van der Waals surface area contributed by atoms with E-state index in [4.69, 9.17) is 0 Å². The molecule has 0 saturated carbocycles. The van der Waals surface area contributed by atoms with E-state index in [0.29, 0.717) is 0 Å². The Labute approximate surface area is 132 Å². The molecule has 1 aliphatic heterocycles. The maximum Gasteiger partial charge on any atom is 0.225 e. The van der Waals surface area contributed by atoms with Crippen molar-refractivity contribution in [2.24, 2.45) is 0 Å². The van der Waals surface area contributed by atoms with Crippen LogP contribution in [0.1, 0.15) is 17.0 Å². The Morgan fingerprint density at radius 1 is 0.955 bits per heavy atom. The third kappa shape index (κ3) is 3.80. The Kier molecular flexibility index (Phi) is 4.63. The SMILES string of the molecule is Cc1cc(C)nc(N2CCN(CCc3ccncc3)CC2)n1. The summed E-state index contributed by atoms with van der Waals surface area (Å²) in [5.74, 6) is 0.881. The first kappa shape index (κ1) is 14.9. The maximum atomic E-state index is 4.57. The zero-order valence-electron chi connectivity index (χ0n) is 13.4. The van der Waals surface area contributed by atoms with Gasteiger partial charge in [-0.15, -0.1) is 0 Å². The zero-order valence-corrected chi connectivity index (χ0v) is 13.4. The van der Waals surface area contributed by atoms with Gasteiger partial charge in [-0.3, -0.25) is 9.88 Å². The molecule has 0 radical (unpaired) electrons. The number of hydrogen-bond acceptors (Lipinski definition) is 5. The first-order chi connectivity index (χ1) is 10.7. The Morgan fingerprint density at radius 3 is 2.23 bits per heavy atom. The summed E-state index contributed by atoms with van der Waals surface area (Å²) in [5, 5.41) is 0. The van der Waals surface area contributed by atoms with Crippen LogP contribution in [0.3, 0.4) is 0 Å². The summed E-state index contributed by atoms with van der Waals surface area (Å²) in [6.07, 6.45) is 4.82. The van der Waals surface area contributed by atoms with Crippen LogP contribution < -0.4 is 4.90 Å². The van der Waals surface area contributed by atoms with Gasteiger partial charge in [0.2, 0.25) is 5.95 Å². The quantitative estimate of drug-likeness (QED) is 0.862. The van der Waals surface area contributed by atoms with Crippen LogP contribution in [0.15, 0.2) is 30.6 Å². The molecule has 0 unspecified atom stereocenters. The number of piperazine rings is 1. The zero-order chi connectivity index (χ0) is 15.4. The molecule has 1 fully saturated rings. The van der Waals surface area contributed by atoms with E-state index in [9.17, 15) is 0 Å². The summed E-state index contributed by atoms with van der Waals surface area (Å²) >= 11 is 0. The molecule has 0 bridgehead atoms. The number of pyridine rings is 1. The molecule has 0 aromatic carbocycles. The van der Waals surface area contributed by atoms with Crippen LogP contribution >= 0.6 is 0 Å². The van der Waals surface area contributed by atoms with Gasteiger partial charge >= 0.3 is 0 Å². The molecular formula is C17H23N5. The van der Waals surface area contributed by atoms with Gasteiger partial charge in [-0.1, -0.05) is 0 Å². The molecule has 5 nitrogen and oxygen atoms in total. The standard InChI is InChI=1S/C17H23N5/c1-14-13-15(2)20-17(19-14)22-11-9-21(10-12-22)8-5-16-3-6-18-7-4-16/h3-4,6-7,13H,5,8-12H2,1-2H3. The Balaban J connectivity index is 1.52. The van der Waals surface area contributed by atoms with Crippen LogP contribution in [0, 0.1) is 13.8 Å². The average Bonchev–Trinajstić information content (AvgIpc) is 2.53. The summed E-state index contributed by atoms with van der Waals surface area (Å²) in [4.78, 5) is 18.0. The van der Waals surface area contributed by atoms with Crippen LogP contribution in [0.2, 0.25) is 0 Å². The number of aryl methyl sites for hydroxylation is 2. The van der Waals surface area contributed by atoms with Gasteiger partial charge in [0.1, 0.15) is 0 Å². The fourth-order valence-corrected chi connectivity index (χ4v) is 2.86. The highest BCUT2D eigenvalue weighted by Crippen LogP contribution is 2.13. The third-order valence-electron chi connectivity index (χ3n) is 4.09. The number of nitrogens with zero attached hydrogens (tertiary/aromatic N) is 5. The molecule has 22 heavy (non-hydrogen) atoms. The number of hydrogen-bond donors (Lipinski definition) is 0. The molecule has 1 saturated heterocycles. The Hall–Kier alpha value is -2.01. The van der Waals surface area contributed by atoms with Crippen LogP contribution in [0.4, 0.5) is 5.95 Å². The van der Waals surface area contributed by atoms with Crippen LogP contribution in [0.25, 0.3) is 0 Å². The molecule has 0 atom stereocenters. The lowest BCUT2D eigenvalue weighted by molar-refractivity contribution is 0.259. The fraction of sp³-hybridized carbons (Fsp3) is 0.471. The molecule has 3 rings (SSSR count). The van der Waals surface area contributed by atoms with Crippen molar-refractivity contribution in [2.45, 2.75) is 20.3 Å². The molecule has 0 aliphatic carbocycles. The molecule has 0 amide bonds. The van der Waals surface area contributed by atoms with Crippen molar-refractivity contribution in [1.82, 2.24) is 19.9 Å². The lowest BCUT2D eigenvalue weighted by Gasteiger charge is -2.34. The fourth-order valence-electron chi connectivity index (χ4n) is 2.86. The van der Waals surface area contributed by atoms with Crippen molar-refractivity contribution in [2.75, 3.05) is 37.6 Å². The van der Waals surface area contributed by atoms with Crippen LogP contribution in [-0.2, 0) is 6.42 Å². The van der Waals surface area contributed by atoms with Crippen molar-refractivity contribution in [3.8, 4) is 0 Å². The minimum Gasteiger partial charge on any atom is -0.338 e. The van der Waals surface area contributed by atoms with Gasteiger partial charge in [0.05, 0.1) is 0 Å². The number of aromatic nitrogens is 3. The maximum absolute atomic E-state index is 4.57. The van der Waals surface area contributed by atoms with E-state index in [-0.39, 0.29) is 0 Å². The molecular weight excluding hydrogens is 274 g/mol. The van der Waals surface area contributed by atoms with Gasteiger partial charge in [0.15, 0.2) is 0 Å². The molecule has 3 heterocycles. The van der Waals surface area contributed by atoms with E-state index < -0.39 is 0 Å². The minimum atomic E-state index is 0.881. The van der Waals surface area contributed by atoms with Crippen molar-refractivity contribution in [3.05, 3.63) is 47.5 Å². The summed E-state index contributed by atoms with van der Waals surface area (Å²) in [5.41, 5.74) is 3.44. The monoisotopic (exact) mass is 297 g/mol. The predicted molar refractivity (Wildman–Crippen MR) is 88.1 cm³/mol. The van der Waals surface area contributed by atoms with Crippen LogP contribution in [0.5, 0.6) is 0 Å². The second kappa shape index (κ2) is 6.83. The topological polar surface area (TPSA) is 45.2 Å². The molecule has 116 valence electrons. The van der Waals surface area contributed by atoms with Gasteiger partial charge in [-0.2, -0.15) is 0 Å². The van der Waals surface area contributed by atoms with Crippen molar-refractivity contribution in [3.63, 3.8) is 0 Å². The summed E-state index contributed by atoms with van der Waals surface area (Å²) in [6, 6.07) is 6.22. The van der Waals surface area contributed by atoms with Crippen molar-refractivity contribution in [1.29, 1.82) is 0 Å². The second-order valence-corrected chi connectivity index (χ2v) is 5.88. The number of rotatable bonds is 4.